The lowest BCUT2D eigenvalue weighted by Gasteiger charge is -2.13. The Kier molecular flexibility index (Phi) is 5.05. The molecule has 1 heterocycles. The first kappa shape index (κ1) is 15.2. The number of unbranched alkanes of at least 4 members (excludes halogenated alkanes) is 1. The van der Waals surface area contributed by atoms with E-state index in [1.165, 1.54) is 0 Å². The first-order valence-corrected chi connectivity index (χ1v) is 6.91. The van der Waals surface area contributed by atoms with E-state index in [9.17, 15) is 9.59 Å². The number of carboxylic acid groups (broad SMARTS) is 1. The van der Waals surface area contributed by atoms with Gasteiger partial charge >= 0.3 is 5.97 Å². The van der Waals surface area contributed by atoms with Crippen LogP contribution in [0.4, 0.5) is 0 Å². The molecule has 1 aromatic heterocycles. The fourth-order valence-corrected chi connectivity index (χ4v) is 2.10. The van der Waals surface area contributed by atoms with Gasteiger partial charge in [-0.2, -0.15) is 0 Å². The molecule has 0 aliphatic carbocycles. The summed E-state index contributed by atoms with van der Waals surface area (Å²) in [5, 5.41) is 9.18. The number of aromatic nitrogens is 2. The number of benzene rings is 1. The molecule has 6 nitrogen and oxygen atoms in total. The number of aliphatic carboxylic acids is 1. The summed E-state index contributed by atoms with van der Waals surface area (Å²) in [4.78, 5) is 27.4. The van der Waals surface area contributed by atoms with E-state index in [4.69, 9.17) is 9.84 Å². The number of carboxylic acids is 1. The highest BCUT2D eigenvalue weighted by atomic mass is 16.5. The molecule has 112 valence electrons. The van der Waals surface area contributed by atoms with Gasteiger partial charge in [0.1, 0.15) is 19.0 Å². The van der Waals surface area contributed by atoms with Crippen LogP contribution in [0.1, 0.15) is 25.6 Å². The van der Waals surface area contributed by atoms with Crippen molar-refractivity contribution < 1.29 is 14.6 Å². The van der Waals surface area contributed by atoms with E-state index in [0.717, 1.165) is 12.8 Å². The highest BCUT2D eigenvalue weighted by Crippen LogP contribution is 2.09. The summed E-state index contributed by atoms with van der Waals surface area (Å²) >= 11 is 0. The molecular weight excluding hydrogens is 272 g/mol. The smallest absolute Gasteiger partial charge is 0.329 e. The second kappa shape index (κ2) is 6.99. The first-order chi connectivity index (χ1) is 10.1. The Morgan fingerprint density at radius 3 is 2.86 bits per heavy atom. The monoisotopic (exact) mass is 290 g/mol. The minimum absolute atomic E-state index is 0.0100. The van der Waals surface area contributed by atoms with Crippen LogP contribution in [0.5, 0.6) is 0 Å². The zero-order valence-electron chi connectivity index (χ0n) is 11.9. The topological polar surface area (TPSA) is 81.4 Å². The quantitative estimate of drug-likeness (QED) is 0.841. The Labute approximate surface area is 122 Å². The summed E-state index contributed by atoms with van der Waals surface area (Å²) in [5.74, 6) is -0.577. The number of carbonyl (C=O) groups is 1. The van der Waals surface area contributed by atoms with Crippen LogP contribution in [0, 0.1) is 0 Å². The highest BCUT2D eigenvalue weighted by Gasteiger charge is 2.11. The van der Waals surface area contributed by atoms with Gasteiger partial charge < -0.3 is 9.84 Å². The maximum Gasteiger partial charge on any atom is 0.329 e. The Bertz CT molecular complexity index is 694. The third kappa shape index (κ3) is 3.66. The summed E-state index contributed by atoms with van der Waals surface area (Å²) < 4.78 is 6.66. The maximum atomic E-state index is 12.5. The van der Waals surface area contributed by atoms with Crippen LogP contribution < -0.4 is 5.56 Å². The highest BCUT2D eigenvalue weighted by molar-refractivity contribution is 5.77. The van der Waals surface area contributed by atoms with Gasteiger partial charge in [-0.3, -0.25) is 9.36 Å². The van der Waals surface area contributed by atoms with Gasteiger partial charge in [0.25, 0.3) is 5.56 Å². The molecular formula is C15H18N2O4. The molecule has 0 aliphatic rings. The lowest BCUT2D eigenvalue weighted by atomic mass is 10.2. The molecule has 0 amide bonds. The largest absolute Gasteiger partial charge is 0.480 e. The summed E-state index contributed by atoms with van der Waals surface area (Å²) in [5.41, 5.74) is 0.493. The number of rotatable bonds is 7. The molecule has 0 aliphatic heterocycles. The van der Waals surface area contributed by atoms with Gasteiger partial charge in [0.15, 0.2) is 0 Å². The molecule has 0 radical (unpaired) electrons. The fraction of sp³-hybridized carbons (Fsp3) is 0.400. The number of hydrogen-bond acceptors (Lipinski definition) is 4. The second-order valence-corrected chi connectivity index (χ2v) is 4.74. The number of nitrogens with zero attached hydrogens (tertiary/aromatic N) is 2. The molecule has 0 saturated heterocycles. The summed E-state index contributed by atoms with van der Waals surface area (Å²) in [6, 6.07) is 7.12. The van der Waals surface area contributed by atoms with E-state index in [1.807, 2.05) is 13.0 Å². The molecule has 2 rings (SSSR count). The van der Waals surface area contributed by atoms with E-state index in [2.05, 4.69) is 4.98 Å². The van der Waals surface area contributed by atoms with E-state index >= 15 is 0 Å². The molecule has 21 heavy (non-hydrogen) atoms. The van der Waals surface area contributed by atoms with Crippen LogP contribution in [-0.4, -0.2) is 27.2 Å². The number of para-hydroxylation sites is 1. The zero-order chi connectivity index (χ0) is 15.2. The standard InChI is InChI=1S/C15H18N2O4/c1-2-3-8-17-13(9-21-10-14(18)19)16-12-7-5-4-6-11(12)15(17)20/h4-7H,2-3,8-10H2,1H3,(H,18,19). The van der Waals surface area contributed by atoms with Gasteiger partial charge in [-0.05, 0) is 18.6 Å². The molecule has 0 bridgehead atoms. The van der Waals surface area contributed by atoms with Crippen molar-refractivity contribution in [2.75, 3.05) is 6.61 Å². The predicted octanol–water partition coefficient (Wildman–Crippen LogP) is 1.80. The van der Waals surface area contributed by atoms with Gasteiger partial charge in [0.2, 0.25) is 0 Å². The molecule has 6 heteroatoms. The average molecular weight is 290 g/mol. The van der Waals surface area contributed by atoms with Crippen molar-refractivity contribution >= 4 is 16.9 Å². The van der Waals surface area contributed by atoms with E-state index in [-0.39, 0.29) is 12.2 Å². The van der Waals surface area contributed by atoms with Crippen LogP contribution in [-0.2, 0) is 22.7 Å². The maximum absolute atomic E-state index is 12.5. The van der Waals surface area contributed by atoms with Crippen molar-refractivity contribution in [3.8, 4) is 0 Å². The Balaban J connectivity index is 2.39. The first-order valence-electron chi connectivity index (χ1n) is 6.91. The minimum atomic E-state index is -1.04. The Hall–Kier alpha value is -2.21. The molecule has 1 N–H and O–H groups in total. The molecule has 0 atom stereocenters. The van der Waals surface area contributed by atoms with Gasteiger partial charge in [0, 0.05) is 6.54 Å². The average Bonchev–Trinajstić information content (AvgIpc) is 2.46. The summed E-state index contributed by atoms with van der Waals surface area (Å²) in [6.45, 7) is 2.20. The van der Waals surface area contributed by atoms with Gasteiger partial charge in [0.05, 0.1) is 10.9 Å². The normalized spacial score (nSPS) is 10.9. The van der Waals surface area contributed by atoms with Crippen LogP contribution >= 0.6 is 0 Å². The van der Waals surface area contributed by atoms with Crippen molar-refractivity contribution in [1.82, 2.24) is 9.55 Å². The lowest BCUT2D eigenvalue weighted by Crippen LogP contribution is -2.26. The van der Waals surface area contributed by atoms with Gasteiger partial charge in [-0.1, -0.05) is 25.5 Å². The van der Waals surface area contributed by atoms with Crippen LogP contribution in [0.15, 0.2) is 29.1 Å². The molecule has 0 saturated carbocycles. The van der Waals surface area contributed by atoms with Crippen molar-refractivity contribution in [1.29, 1.82) is 0 Å². The fourth-order valence-electron chi connectivity index (χ4n) is 2.10. The van der Waals surface area contributed by atoms with Crippen molar-refractivity contribution in [3.05, 3.63) is 40.4 Å². The Morgan fingerprint density at radius 2 is 2.14 bits per heavy atom. The summed E-state index contributed by atoms with van der Waals surface area (Å²) in [6.07, 6.45) is 1.81. The third-order valence-electron chi connectivity index (χ3n) is 3.13. The van der Waals surface area contributed by atoms with E-state index in [1.54, 1.807) is 22.8 Å². The molecule has 2 aromatic rings. The van der Waals surface area contributed by atoms with Crippen LogP contribution in [0.3, 0.4) is 0 Å². The van der Waals surface area contributed by atoms with E-state index < -0.39 is 12.6 Å². The molecule has 0 spiro atoms. The van der Waals surface area contributed by atoms with Gasteiger partial charge in [-0.25, -0.2) is 9.78 Å². The number of hydrogen-bond donors (Lipinski definition) is 1. The Morgan fingerprint density at radius 1 is 1.38 bits per heavy atom. The predicted molar refractivity (Wildman–Crippen MR) is 78.2 cm³/mol. The number of ether oxygens (including phenoxy) is 1. The zero-order valence-corrected chi connectivity index (χ0v) is 11.9. The SMILES string of the molecule is CCCCn1c(COCC(=O)O)nc2ccccc2c1=O. The molecule has 0 fully saturated rings. The molecule has 0 unspecified atom stereocenters. The van der Waals surface area contributed by atoms with Crippen molar-refractivity contribution in [3.63, 3.8) is 0 Å². The minimum Gasteiger partial charge on any atom is -0.480 e. The van der Waals surface area contributed by atoms with Gasteiger partial charge in [-0.15, -0.1) is 0 Å². The molecule has 1 aromatic carbocycles. The second-order valence-electron chi connectivity index (χ2n) is 4.74. The van der Waals surface area contributed by atoms with Crippen molar-refractivity contribution in [2.45, 2.75) is 32.9 Å². The summed E-state index contributed by atoms with van der Waals surface area (Å²) in [7, 11) is 0. The lowest BCUT2D eigenvalue weighted by molar-refractivity contribution is -0.142. The number of fused-ring (bicyclic) bond motifs is 1. The van der Waals surface area contributed by atoms with Crippen LogP contribution in [0.25, 0.3) is 10.9 Å². The van der Waals surface area contributed by atoms with E-state index in [0.29, 0.717) is 23.3 Å². The van der Waals surface area contributed by atoms with Crippen LogP contribution in [0.2, 0.25) is 0 Å². The third-order valence-corrected chi connectivity index (χ3v) is 3.13. The van der Waals surface area contributed by atoms with Crippen molar-refractivity contribution in [2.24, 2.45) is 0 Å².